The van der Waals surface area contributed by atoms with Crippen molar-refractivity contribution in [1.82, 2.24) is 14.8 Å². The second-order valence-corrected chi connectivity index (χ2v) is 8.35. The van der Waals surface area contributed by atoms with Gasteiger partial charge in [0.1, 0.15) is 5.54 Å². The summed E-state index contributed by atoms with van der Waals surface area (Å²) in [5.74, 6) is -0.586. The number of carbonyl (C=O) groups is 3. The summed E-state index contributed by atoms with van der Waals surface area (Å²) in [4.78, 5) is 39.6. The normalized spacial score (nSPS) is 18.5. The number of imide groups is 1. The van der Waals surface area contributed by atoms with Crippen LogP contribution in [0, 0.1) is 13.8 Å². The molecule has 1 aromatic heterocycles. The number of urea groups is 1. The number of ketones is 1. The lowest BCUT2D eigenvalue weighted by Gasteiger charge is -2.21. The number of amides is 3. The van der Waals surface area contributed by atoms with Crippen LogP contribution in [0.15, 0.2) is 36.4 Å². The van der Waals surface area contributed by atoms with Gasteiger partial charge < -0.3 is 14.6 Å². The molecule has 3 amide bonds. The second-order valence-electron chi connectivity index (χ2n) is 8.35. The molecule has 0 saturated carbocycles. The highest BCUT2D eigenvalue weighted by Crippen LogP contribution is 2.24. The van der Waals surface area contributed by atoms with Gasteiger partial charge in [0.2, 0.25) is 0 Å². The molecule has 1 aromatic carbocycles. The fourth-order valence-corrected chi connectivity index (χ4v) is 4.12. The lowest BCUT2D eigenvalue weighted by atomic mass is 9.93. The van der Waals surface area contributed by atoms with Crippen LogP contribution in [0.4, 0.5) is 4.79 Å². The zero-order valence-electron chi connectivity index (χ0n) is 18.7. The number of aromatic nitrogens is 1. The number of ether oxygens (including phenoxy) is 1. The maximum atomic E-state index is 13.0. The number of benzene rings is 1. The van der Waals surface area contributed by atoms with E-state index in [-0.39, 0.29) is 18.2 Å². The van der Waals surface area contributed by atoms with Crippen molar-refractivity contribution in [3.63, 3.8) is 0 Å². The van der Waals surface area contributed by atoms with Crippen molar-refractivity contribution < 1.29 is 19.1 Å². The van der Waals surface area contributed by atoms with E-state index in [9.17, 15) is 14.4 Å². The molecule has 0 spiro atoms. The van der Waals surface area contributed by atoms with E-state index >= 15 is 0 Å². The van der Waals surface area contributed by atoms with Crippen LogP contribution in [0.25, 0.3) is 0 Å². The average molecular weight is 426 g/mol. The molecular formula is C24H31N3O4. The number of carbonyl (C=O) groups excluding carboxylic acids is 3. The topological polar surface area (TPSA) is 80.6 Å². The Kier molecular flexibility index (Phi) is 6.95. The minimum Gasteiger partial charge on any atom is -0.385 e. The Hall–Kier alpha value is -2.93. The van der Waals surface area contributed by atoms with Crippen molar-refractivity contribution in [2.75, 3.05) is 20.3 Å². The zero-order chi connectivity index (χ0) is 22.6. The Morgan fingerprint density at radius 2 is 1.87 bits per heavy atom. The smallest absolute Gasteiger partial charge is 0.325 e. The number of rotatable bonds is 10. The summed E-state index contributed by atoms with van der Waals surface area (Å²) in [6, 6.07) is 11.1. The van der Waals surface area contributed by atoms with E-state index in [1.54, 1.807) is 14.0 Å². The first-order chi connectivity index (χ1) is 14.8. The van der Waals surface area contributed by atoms with Gasteiger partial charge in [-0.15, -0.1) is 0 Å². The van der Waals surface area contributed by atoms with Crippen LogP contribution in [-0.4, -0.2) is 53.0 Å². The Balaban J connectivity index is 1.68. The molecule has 1 saturated heterocycles. The van der Waals surface area contributed by atoms with Crippen LogP contribution < -0.4 is 5.32 Å². The molecule has 3 rings (SSSR count). The van der Waals surface area contributed by atoms with Crippen LogP contribution in [0.3, 0.4) is 0 Å². The lowest BCUT2D eigenvalue weighted by Crippen LogP contribution is -2.44. The standard InChI is InChI=1S/C24H31N3O4/c1-17-15-20(18(2)26(17)13-8-14-31-4)21(28)16-27-22(29)24(3,25-23(27)30)12-11-19-9-6-5-7-10-19/h5-7,9-10,15H,8,11-14,16H2,1-4H3,(H,25,30)/t24-/m1/s1. The fraction of sp³-hybridized carbons (Fsp3) is 0.458. The number of hydrogen-bond donors (Lipinski definition) is 1. The zero-order valence-corrected chi connectivity index (χ0v) is 18.7. The van der Waals surface area contributed by atoms with Gasteiger partial charge in [-0.05, 0) is 51.7 Å². The first-order valence-electron chi connectivity index (χ1n) is 10.6. The van der Waals surface area contributed by atoms with Crippen LogP contribution >= 0.6 is 0 Å². The van der Waals surface area contributed by atoms with Crippen molar-refractivity contribution >= 4 is 17.7 Å². The summed E-state index contributed by atoms with van der Waals surface area (Å²) in [5, 5.41) is 2.79. The molecule has 0 unspecified atom stereocenters. The third-order valence-corrected chi connectivity index (χ3v) is 6.01. The van der Waals surface area contributed by atoms with Gasteiger partial charge in [-0.3, -0.25) is 14.5 Å². The SMILES string of the molecule is COCCCn1c(C)cc(C(=O)CN2C(=O)N[C@](C)(CCc3ccccc3)C2=O)c1C. The summed E-state index contributed by atoms with van der Waals surface area (Å²) in [7, 11) is 1.66. The number of Topliss-reactive ketones (excluding diaryl/α,β-unsaturated/α-hetero) is 1. The minimum atomic E-state index is -1.01. The quantitative estimate of drug-likeness (QED) is 0.360. The summed E-state index contributed by atoms with van der Waals surface area (Å²) in [6.07, 6.45) is 1.97. The second kappa shape index (κ2) is 9.47. The highest BCUT2D eigenvalue weighted by atomic mass is 16.5. The monoisotopic (exact) mass is 425 g/mol. The molecule has 1 N–H and O–H groups in total. The molecule has 0 bridgehead atoms. The van der Waals surface area contributed by atoms with Gasteiger partial charge in [-0.25, -0.2) is 4.79 Å². The molecule has 1 aliphatic heterocycles. The van der Waals surface area contributed by atoms with Crippen LogP contribution in [0.1, 0.15) is 47.1 Å². The molecule has 31 heavy (non-hydrogen) atoms. The van der Waals surface area contributed by atoms with Crippen molar-refractivity contribution in [1.29, 1.82) is 0 Å². The number of nitrogens with zero attached hydrogens (tertiary/aromatic N) is 2. The molecule has 1 atom stereocenters. The Labute approximate surface area is 183 Å². The van der Waals surface area contributed by atoms with Crippen LogP contribution in [-0.2, 0) is 22.5 Å². The first-order valence-corrected chi connectivity index (χ1v) is 10.6. The molecule has 7 heteroatoms. The van der Waals surface area contributed by atoms with Gasteiger partial charge in [-0.1, -0.05) is 30.3 Å². The number of aryl methyl sites for hydroxylation is 2. The van der Waals surface area contributed by atoms with E-state index in [1.807, 2.05) is 50.2 Å². The van der Waals surface area contributed by atoms with E-state index in [0.717, 1.165) is 34.8 Å². The third kappa shape index (κ3) is 4.88. The predicted octanol–water partition coefficient (Wildman–Crippen LogP) is 3.27. The van der Waals surface area contributed by atoms with E-state index in [4.69, 9.17) is 4.74 Å². The summed E-state index contributed by atoms with van der Waals surface area (Å²) in [6.45, 7) is 6.70. The van der Waals surface area contributed by atoms with Crippen molar-refractivity contribution in [3.8, 4) is 0 Å². The molecule has 166 valence electrons. The molecular weight excluding hydrogens is 394 g/mol. The maximum absolute atomic E-state index is 13.0. The Morgan fingerprint density at radius 3 is 2.55 bits per heavy atom. The van der Waals surface area contributed by atoms with Crippen LogP contribution in [0.5, 0.6) is 0 Å². The minimum absolute atomic E-state index is 0.234. The molecule has 7 nitrogen and oxygen atoms in total. The molecule has 0 aliphatic carbocycles. The lowest BCUT2D eigenvalue weighted by molar-refractivity contribution is -0.130. The largest absolute Gasteiger partial charge is 0.385 e. The fourth-order valence-electron chi connectivity index (χ4n) is 4.12. The van der Waals surface area contributed by atoms with E-state index in [0.29, 0.717) is 25.0 Å². The average Bonchev–Trinajstić information content (AvgIpc) is 3.15. The van der Waals surface area contributed by atoms with Gasteiger partial charge in [0, 0.05) is 37.2 Å². The van der Waals surface area contributed by atoms with Crippen LogP contribution in [0.2, 0.25) is 0 Å². The third-order valence-electron chi connectivity index (χ3n) is 6.01. The maximum Gasteiger partial charge on any atom is 0.325 e. The molecule has 1 aliphatic rings. The van der Waals surface area contributed by atoms with Crippen molar-refractivity contribution in [3.05, 3.63) is 58.9 Å². The number of nitrogens with one attached hydrogen (secondary N) is 1. The number of methoxy groups -OCH3 is 1. The van der Waals surface area contributed by atoms with Gasteiger partial charge in [0.15, 0.2) is 5.78 Å². The molecule has 2 heterocycles. The Morgan fingerprint density at radius 1 is 1.16 bits per heavy atom. The molecule has 0 radical (unpaired) electrons. The van der Waals surface area contributed by atoms with Crippen molar-refractivity contribution in [2.45, 2.75) is 52.1 Å². The summed E-state index contributed by atoms with van der Waals surface area (Å²) >= 11 is 0. The van der Waals surface area contributed by atoms with Gasteiger partial charge in [0.25, 0.3) is 5.91 Å². The van der Waals surface area contributed by atoms with Crippen molar-refractivity contribution in [2.24, 2.45) is 0 Å². The van der Waals surface area contributed by atoms with Gasteiger partial charge in [0.05, 0.1) is 6.54 Å². The summed E-state index contributed by atoms with van der Waals surface area (Å²) in [5.41, 5.74) is 2.46. The van der Waals surface area contributed by atoms with E-state index in [1.165, 1.54) is 0 Å². The van der Waals surface area contributed by atoms with E-state index < -0.39 is 11.6 Å². The molecule has 1 fully saturated rings. The predicted molar refractivity (Wildman–Crippen MR) is 118 cm³/mol. The highest BCUT2D eigenvalue weighted by Gasteiger charge is 2.47. The number of hydrogen-bond acceptors (Lipinski definition) is 4. The first kappa shape index (κ1) is 22.7. The highest BCUT2D eigenvalue weighted by molar-refractivity contribution is 6.11. The van der Waals surface area contributed by atoms with Gasteiger partial charge >= 0.3 is 6.03 Å². The molecule has 2 aromatic rings. The summed E-state index contributed by atoms with van der Waals surface area (Å²) < 4.78 is 7.18. The van der Waals surface area contributed by atoms with E-state index in [2.05, 4.69) is 9.88 Å². The Bertz CT molecular complexity index is 967. The van der Waals surface area contributed by atoms with Gasteiger partial charge in [-0.2, -0.15) is 0 Å².